The van der Waals surface area contributed by atoms with Gasteiger partial charge >= 0.3 is 0 Å². The molecule has 0 atom stereocenters. The van der Waals surface area contributed by atoms with E-state index in [4.69, 9.17) is 16.3 Å². The number of ether oxygens (including phenoxy) is 1. The highest BCUT2D eigenvalue weighted by Crippen LogP contribution is 2.33. The van der Waals surface area contributed by atoms with Crippen LogP contribution >= 0.6 is 22.9 Å². The van der Waals surface area contributed by atoms with Crippen LogP contribution in [0.4, 0.5) is 0 Å². The number of aryl methyl sites for hydroxylation is 1. The largest absolute Gasteiger partial charge is 0.437 e. The summed E-state index contributed by atoms with van der Waals surface area (Å²) in [6.45, 7) is 1.98. The fourth-order valence-electron chi connectivity index (χ4n) is 1.64. The van der Waals surface area contributed by atoms with Crippen molar-refractivity contribution in [3.05, 3.63) is 46.6 Å². The van der Waals surface area contributed by atoms with Gasteiger partial charge in [0.15, 0.2) is 0 Å². The Morgan fingerprint density at radius 1 is 1.22 bits per heavy atom. The summed E-state index contributed by atoms with van der Waals surface area (Å²) >= 11 is 7.69. The molecule has 0 aliphatic heterocycles. The van der Waals surface area contributed by atoms with Crippen LogP contribution in [0.1, 0.15) is 5.56 Å². The molecule has 3 aromatic rings. The molecular formula is C13H9ClN2OS. The van der Waals surface area contributed by atoms with Crippen molar-refractivity contribution in [3.8, 4) is 11.6 Å². The highest BCUT2D eigenvalue weighted by molar-refractivity contribution is 7.16. The summed E-state index contributed by atoms with van der Waals surface area (Å²) in [6.07, 6.45) is 1.50. The van der Waals surface area contributed by atoms with Gasteiger partial charge in [-0.25, -0.2) is 9.97 Å². The summed E-state index contributed by atoms with van der Waals surface area (Å²) < 4.78 is 5.76. The molecule has 0 fully saturated rings. The second kappa shape index (κ2) is 4.55. The zero-order valence-electron chi connectivity index (χ0n) is 9.55. The topological polar surface area (TPSA) is 35.0 Å². The Morgan fingerprint density at radius 3 is 2.94 bits per heavy atom. The fraction of sp³-hybridized carbons (Fsp3) is 0.0769. The van der Waals surface area contributed by atoms with E-state index in [-0.39, 0.29) is 0 Å². The highest BCUT2D eigenvalue weighted by atomic mass is 35.5. The maximum Gasteiger partial charge on any atom is 0.231 e. The third kappa shape index (κ3) is 2.05. The van der Waals surface area contributed by atoms with Crippen LogP contribution < -0.4 is 4.74 Å². The van der Waals surface area contributed by atoms with Crippen molar-refractivity contribution in [2.45, 2.75) is 6.92 Å². The molecule has 18 heavy (non-hydrogen) atoms. The lowest BCUT2D eigenvalue weighted by molar-refractivity contribution is 0.468. The predicted molar refractivity (Wildman–Crippen MR) is 73.7 cm³/mol. The quantitative estimate of drug-likeness (QED) is 0.694. The molecule has 0 amide bonds. The van der Waals surface area contributed by atoms with Crippen LogP contribution in [0, 0.1) is 6.92 Å². The molecule has 5 heteroatoms. The summed E-state index contributed by atoms with van der Waals surface area (Å²) in [7, 11) is 0. The molecule has 0 spiro atoms. The number of benzene rings is 1. The van der Waals surface area contributed by atoms with Gasteiger partial charge in [-0.05, 0) is 36.1 Å². The molecule has 0 saturated heterocycles. The van der Waals surface area contributed by atoms with Gasteiger partial charge in [0.2, 0.25) is 5.88 Å². The second-order valence-electron chi connectivity index (χ2n) is 3.85. The molecule has 0 saturated carbocycles. The third-order valence-electron chi connectivity index (χ3n) is 2.52. The lowest BCUT2D eigenvalue weighted by Crippen LogP contribution is -1.90. The first kappa shape index (κ1) is 11.4. The molecule has 2 heterocycles. The molecule has 3 nitrogen and oxygen atoms in total. The first-order valence-corrected chi connectivity index (χ1v) is 6.62. The number of aromatic nitrogens is 2. The van der Waals surface area contributed by atoms with Crippen LogP contribution in [0.3, 0.4) is 0 Å². The van der Waals surface area contributed by atoms with Crippen molar-refractivity contribution in [3.63, 3.8) is 0 Å². The summed E-state index contributed by atoms with van der Waals surface area (Å²) in [6, 6.07) is 7.60. The summed E-state index contributed by atoms with van der Waals surface area (Å²) in [4.78, 5) is 9.23. The Kier molecular flexibility index (Phi) is 2.89. The van der Waals surface area contributed by atoms with Crippen LogP contribution in [-0.4, -0.2) is 9.97 Å². The van der Waals surface area contributed by atoms with Crippen LogP contribution in [0.5, 0.6) is 11.6 Å². The minimum absolute atomic E-state index is 0.534. The first-order chi connectivity index (χ1) is 8.74. The molecule has 0 unspecified atom stereocenters. The van der Waals surface area contributed by atoms with Gasteiger partial charge in [0, 0.05) is 0 Å². The molecule has 0 aliphatic carbocycles. The van der Waals surface area contributed by atoms with E-state index in [0.717, 1.165) is 15.8 Å². The number of thiophene rings is 1. The van der Waals surface area contributed by atoms with E-state index in [1.807, 2.05) is 36.6 Å². The zero-order chi connectivity index (χ0) is 12.5. The van der Waals surface area contributed by atoms with Gasteiger partial charge in [-0.2, -0.15) is 0 Å². The Morgan fingerprint density at radius 2 is 2.11 bits per heavy atom. The van der Waals surface area contributed by atoms with Crippen LogP contribution in [0.25, 0.3) is 10.2 Å². The number of halogens is 1. The van der Waals surface area contributed by atoms with Crippen molar-refractivity contribution in [1.29, 1.82) is 0 Å². The van der Waals surface area contributed by atoms with Crippen molar-refractivity contribution >= 4 is 33.2 Å². The second-order valence-corrected chi connectivity index (χ2v) is 5.16. The lowest BCUT2D eigenvalue weighted by atomic mass is 10.2. The van der Waals surface area contributed by atoms with Crippen molar-refractivity contribution < 1.29 is 4.74 Å². The normalized spacial score (nSPS) is 10.8. The van der Waals surface area contributed by atoms with Gasteiger partial charge in [0.25, 0.3) is 0 Å². The van der Waals surface area contributed by atoms with Gasteiger partial charge < -0.3 is 4.74 Å². The maximum absolute atomic E-state index is 6.14. The Hall–Kier alpha value is -1.65. The number of hydrogen-bond donors (Lipinski definition) is 0. The molecule has 3 rings (SSSR count). The SMILES string of the molecule is Cc1ccc(Oc2ncnc3sccc23)c(Cl)c1. The average molecular weight is 277 g/mol. The summed E-state index contributed by atoms with van der Waals surface area (Å²) in [5, 5.41) is 3.44. The fourth-order valence-corrected chi connectivity index (χ4v) is 2.64. The zero-order valence-corrected chi connectivity index (χ0v) is 11.1. The highest BCUT2D eigenvalue weighted by Gasteiger charge is 2.09. The predicted octanol–water partition coefficient (Wildman–Crippen LogP) is 4.45. The van der Waals surface area contributed by atoms with E-state index < -0.39 is 0 Å². The first-order valence-electron chi connectivity index (χ1n) is 5.36. The van der Waals surface area contributed by atoms with Gasteiger partial charge in [0.05, 0.1) is 10.4 Å². The molecule has 0 radical (unpaired) electrons. The van der Waals surface area contributed by atoms with E-state index >= 15 is 0 Å². The number of hydrogen-bond acceptors (Lipinski definition) is 4. The van der Waals surface area contributed by atoms with Crippen molar-refractivity contribution in [1.82, 2.24) is 9.97 Å². The summed E-state index contributed by atoms with van der Waals surface area (Å²) in [5.74, 6) is 1.14. The van der Waals surface area contributed by atoms with E-state index in [9.17, 15) is 0 Å². The van der Waals surface area contributed by atoms with E-state index in [0.29, 0.717) is 16.7 Å². The minimum atomic E-state index is 0.534. The van der Waals surface area contributed by atoms with E-state index in [1.165, 1.54) is 6.33 Å². The summed E-state index contributed by atoms with van der Waals surface area (Å²) in [5.41, 5.74) is 1.09. The van der Waals surface area contributed by atoms with Crippen molar-refractivity contribution in [2.75, 3.05) is 0 Å². The number of nitrogens with zero attached hydrogens (tertiary/aromatic N) is 2. The third-order valence-corrected chi connectivity index (χ3v) is 3.64. The molecule has 0 N–H and O–H groups in total. The van der Waals surface area contributed by atoms with Gasteiger partial charge in [-0.1, -0.05) is 17.7 Å². The minimum Gasteiger partial charge on any atom is -0.437 e. The Balaban J connectivity index is 2.03. The van der Waals surface area contributed by atoms with Gasteiger partial charge in [0.1, 0.15) is 16.9 Å². The monoisotopic (exact) mass is 276 g/mol. The maximum atomic E-state index is 6.14. The Bertz CT molecular complexity index is 711. The number of fused-ring (bicyclic) bond motifs is 1. The Labute approximate surface area is 113 Å². The van der Waals surface area contributed by atoms with Crippen molar-refractivity contribution in [2.24, 2.45) is 0 Å². The smallest absolute Gasteiger partial charge is 0.231 e. The van der Waals surface area contributed by atoms with Gasteiger partial charge in [-0.15, -0.1) is 11.3 Å². The average Bonchev–Trinajstić information content (AvgIpc) is 2.82. The molecule has 2 aromatic heterocycles. The lowest BCUT2D eigenvalue weighted by Gasteiger charge is -2.07. The van der Waals surface area contributed by atoms with Crippen LogP contribution in [0.15, 0.2) is 36.0 Å². The molecule has 90 valence electrons. The standard InChI is InChI=1S/C13H9ClN2OS/c1-8-2-3-11(10(14)6-8)17-12-9-4-5-18-13(9)16-7-15-12/h2-7H,1H3. The van der Waals surface area contributed by atoms with E-state index in [2.05, 4.69) is 9.97 Å². The van der Waals surface area contributed by atoms with Gasteiger partial charge in [-0.3, -0.25) is 0 Å². The molecular weight excluding hydrogens is 268 g/mol. The van der Waals surface area contributed by atoms with Crippen LogP contribution in [-0.2, 0) is 0 Å². The van der Waals surface area contributed by atoms with Crippen LogP contribution in [0.2, 0.25) is 5.02 Å². The molecule has 1 aromatic carbocycles. The van der Waals surface area contributed by atoms with E-state index in [1.54, 1.807) is 11.3 Å². The molecule has 0 bridgehead atoms. The number of rotatable bonds is 2. The molecule has 0 aliphatic rings.